The summed E-state index contributed by atoms with van der Waals surface area (Å²) in [6, 6.07) is 13.2. The Hall–Kier alpha value is -2.50. The third-order valence-electron chi connectivity index (χ3n) is 3.60. The number of hydrogen-bond donors (Lipinski definition) is 1. The molecule has 0 radical (unpaired) electrons. The van der Waals surface area contributed by atoms with Gasteiger partial charge in [0.05, 0.1) is 4.88 Å². The van der Waals surface area contributed by atoms with Crippen LogP contribution in [0.1, 0.15) is 10.6 Å². The van der Waals surface area contributed by atoms with Gasteiger partial charge in [0.2, 0.25) is 0 Å². The third kappa shape index (κ3) is 4.56. The summed E-state index contributed by atoms with van der Waals surface area (Å²) < 4.78 is 11.3. The number of thiazole rings is 1. The molecule has 0 aliphatic carbocycles. The second-order valence-corrected chi connectivity index (χ2v) is 7.19. The molecule has 0 amide bonds. The molecule has 3 aromatic rings. The largest absolute Gasteiger partial charge is 0.509 e. The van der Waals surface area contributed by atoms with E-state index < -0.39 is 0 Å². The van der Waals surface area contributed by atoms with E-state index in [0.29, 0.717) is 17.4 Å². The molecule has 0 aliphatic rings. The van der Waals surface area contributed by atoms with Crippen molar-refractivity contribution in [3.8, 4) is 21.9 Å². The van der Waals surface area contributed by atoms with Gasteiger partial charge in [0.15, 0.2) is 0 Å². The lowest BCUT2D eigenvalue weighted by Crippen LogP contribution is -2.01. The van der Waals surface area contributed by atoms with Gasteiger partial charge in [-0.2, -0.15) is 0 Å². The molecule has 0 saturated heterocycles. The Morgan fingerprint density at radius 2 is 2.04 bits per heavy atom. The molecule has 6 heteroatoms. The number of benzene rings is 2. The molecule has 0 aliphatic heterocycles. The van der Waals surface area contributed by atoms with E-state index in [1.165, 1.54) is 0 Å². The summed E-state index contributed by atoms with van der Waals surface area (Å²) in [4.78, 5) is 5.42. The Bertz CT molecular complexity index is 923. The van der Waals surface area contributed by atoms with Gasteiger partial charge in [0, 0.05) is 16.8 Å². The first-order chi connectivity index (χ1) is 12.5. The summed E-state index contributed by atoms with van der Waals surface area (Å²) in [5.41, 5.74) is 1.89. The fraction of sp³-hybridized carbons (Fsp3) is 0.150. The van der Waals surface area contributed by atoms with Crippen LogP contribution in [0.15, 0.2) is 61.0 Å². The van der Waals surface area contributed by atoms with E-state index in [1.807, 2.05) is 55.6 Å². The first-order valence-corrected chi connectivity index (χ1v) is 9.15. The highest BCUT2D eigenvalue weighted by Crippen LogP contribution is 2.32. The van der Waals surface area contributed by atoms with Crippen LogP contribution < -0.4 is 9.47 Å². The molecule has 0 unspecified atom stereocenters. The maximum Gasteiger partial charge on any atom is 0.144 e. The molecule has 0 bridgehead atoms. The van der Waals surface area contributed by atoms with Gasteiger partial charge in [0.25, 0.3) is 0 Å². The Labute approximate surface area is 161 Å². The predicted molar refractivity (Wildman–Crippen MR) is 105 cm³/mol. The first kappa shape index (κ1) is 18.3. The summed E-state index contributed by atoms with van der Waals surface area (Å²) in [7, 11) is 0. The van der Waals surface area contributed by atoms with Crippen LogP contribution in [0.5, 0.6) is 11.5 Å². The number of nitrogens with zero attached hydrogens (tertiary/aromatic N) is 1. The van der Waals surface area contributed by atoms with Gasteiger partial charge in [-0.25, -0.2) is 4.98 Å². The number of aliphatic hydroxyl groups excluding tert-OH is 1. The van der Waals surface area contributed by atoms with E-state index in [2.05, 4.69) is 11.6 Å². The zero-order valence-corrected chi connectivity index (χ0v) is 15.8. The normalized spacial score (nSPS) is 10.5. The number of hydrogen-bond acceptors (Lipinski definition) is 5. The number of halogens is 1. The molecule has 0 atom stereocenters. The smallest absolute Gasteiger partial charge is 0.144 e. The Morgan fingerprint density at radius 3 is 2.77 bits per heavy atom. The summed E-state index contributed by atoms with van der Waals surface area (Å²) in [5, 5.41) is 10.7. The zero-order valence-electron chi connectivity index (χ0n) is 14.2. The number of aromatic nitrogens is 1. The van der Waals surface area contributed by atoms with Gasteiger partial charge in [-0.3, -0.25) is 0 Å². The lowest BCUT2D eigenvalue weighted by Gasteiger charge is -2.10. The Kier molecular flexibility index (Phi) is 5.81. The van der Waals surface area contributed by atoms with Crippen molar-refractivity contribution in [1.29, 1.82) is 0 Å². The number of aryl methyl sites for hydroxylation is 1. The van der Waals surface area contributed by atoms with E-state index in [1.54, 1.807) is 11.3 Å². The van der Waals surface area contributed by atoms with E-state index in [9.17, 15) is 0 Å². The number of ether oxygens (including phenoxy) is 2. The lowest BCUT2D eigenvalue weighted by molar-refractivity contribution is 0.269. The van der Waals surface area contributed by atoms with Crippen LogP contribution >= 0.6 is 22.9 Å². The molecule has 1 N–H and O–H groups in total. The van der Waals surface area contributed by atoms with Gasteiger partial charge in [-0.1, -0.05) is 36.4 Å². The van der Waals surface area contributed by atoms with Crippen molar-refractivity contribution in [1.82, 2.24) is 4.98 Å². The molecule has 0 fully saturated rings. The van der Waals surface area contributed by atoms with Gasteiger partial charge >= 0.3 is 0 Å². The molecule has 3 rings (SSSR count). The molecule has 1 aromatic heterocycles. The van der Waals surface area contributed by atoms with Gasteiger partial charge in [-0.15, -0.1) is 11.3 Å². The van der Waals surface area contributed by atoms with Crippen molar-refractivity contribution >= 4 is 22.9 Å². The maximum atomic E-state index is 9.11. The van der Waals surface area contributed by atoms with E-state index >= 15 is 0 Å². The minimum absolute atomic E-state index is 0.0113. The molecular formula is C20H18ClNO3S. The fourth-order valence-corrected chi connectivity index (χ4v) is 3.51. The molecule has 26 heavy (non-hydrogen) atoms. The first-order valence-electron chi connectivity index (χ1n) is 7.95. The predicted octanol–water partition coefficient (Wildman–Crippen LogP) is 5.80. The average molecular weight is 388 g/mol. The highest BCUT2D eigenvalue weighted by atomic mass is 35.5. The topological polar surface area (TPSA) is 51.6 Å². The maximum absolute atomic E-state index is 9.11. The monoisotopic (exact) mass is 387 g/mol. The Balaban J connectivity index is 1.64. The van der Waals surface area contributed by atoms with Crippen molar-refractivity contribution in [3.63, 3.8) is 0 Å². The molecule has 2 aromatic carbocycles. The second-order valence-electron chi connectivity index (χ2n) is 5.67. The molecule has 0 spiro atoms. The van der Waals surface area contributed by atoms with Gasteiger partial charge in [0.1, 0.15) is 35.5 Å². The van der Waals surface area contributed by atoms with Crippen LogP contribution in [0.4, 0.5) is 0 Å². The van der Waals surface area contributed by atoms with Crippen molar-refractivity contribution < 1.29 is 14.6 Å². The molecule has 1 heterocycles. The van der Waals surface area contributed by atoms with Crippen LogP contribution in [0.25, 0.3) is 10.4 Å². The van der Waals surface area contributed by atoms with Crippen molar-refractivity contribution in [2.75, 3.05) is 6.61 Å². The minimum Gasteiger partial charge on any atom is -0.509 e. The minimum atomic E-state index is -0.0113. The second kappa shape index (κ2) is 8.25. The van der Waals surface area contributed by atoms with Crippen LogP contribution in [-0.4, -0.2) is 16.7 Å². The van der Waals surface area contributed by atoms with Gasteiger partial charge < -0.3 is 14.6 Å². The standard InChI is InChI=1S/C20H18ClNO3S/c1-13-9-15(7-8-18(13)25-11-14(2)23)24-12-20-22-10-19(26-20)16-5-3-4-6-17(16)21/h3-10,23H,2,11-12H2,1H3. The molecule has 134 valence electrons. The van der Waals surface area contributed by atoms with Crippen LogP contribution in [-0.2, 0) is 6.61 Å². The Morgan fingerprint density at radius 1 is 1.23 bits per heavy atom. The van der Waals surface area contributed by atoms with Crippen molar-refractivity contribution in [3.05, 3.63) is 76.6 Å². The zero-order chi connectivity index (χ0) is 18.5. The van der Waals surface area contributed by atoms with E-state index in [0.717, 1.165) is 26.8 Å². The van der Waals surface area contributed by atoms with Gasteiger partial charge in [-0.05, 0) is 36.8 Å². The van der Waals surface area contributed by atoms with Crippen molar-refractivity contribution in [2.45, 2.75) is 13.5 Å². The fourth-order valence-electron chi connectivity index (χ4n) is 2.34. The number of aliphatic hydroxyl groups is 1. The van der Waals surface area contributed by atoms with E-state index in [4.69, 9.17) is 26.2 Å². The summed E-state index contributed by atoms with van der Waals surface area (Å²) >= 11 is 7.79. The van der Waals surface area contributed by atoms with Crippen LogP contribution in [0, 0.1) is 6.92 Å². The SMILES string of the molecule is C=C(O)COc1ccc(OCc2ncc(-c3ccccc3Cl)s2)cc1C. The highest BCUT2D eigenvalue weighted by molar-refractivity contribution is 7.15. The highest BCUT2D eigenvalue weighted by Gasteiger charge is 2.09. The van der Waals surface area contributed by atoms with Crippen molar-refractivity contribution in [2.24, 2.45) is 0 Å². The van der Waals surface area contributed by atoms with Crippen LogP contribution in [0.3, 0.4) is 0 Å². The van der Waals surface area contributed by atoms with Crippen LogP contribution in [0.2, 0.25) is 5.02 Å². The summed E-state index contributed by atoms with van der Waals surface area (Å²) in [6.45, 7) is 5.77. The summed E-state index contributed by atoms with van der Waals surface area (Å²) in [5.74, 6) is 1.40. The molecule has 4 nitrogen and oxygen atoms in total. The molecular weight excluding hydrogens is 370 g/mol. The lowest BCUT2D eigenvalue weighted by atomic mass is 10.2. The summed E-state index contributed by atoms with van der Waals surface area (Å²) in [6.07, 6.45) is 1.81. The quantitative estimate of drug-likeness (QED) is 0.520. The number of rotatable bonds is 7. The third-order valence-corrected chi connectivity index (χ3v) is 4.93. The average Bonchev–Trinajstić information content (AvgIpc) is 3.08. The molecule has 0 saturated carbocycles. The van der Waals surface area contributed by atoms with E-state index in [-0.39, 0.29) is 12.4 Å².